The Hall–Kier alpha value is -3.07. The van der Waals surface area contributed by atoms with Crippen LogP contribution < -0.4 is 5.56 Å². The number of carbonyl (C=O) groups is 2. The van der Waals surface area contributed by atoms with E-state index in [2.05, 4.69) is 15.9 Å². The van der Waals surface area contributed by atoms with Crippen LogP contribution in [-0.2, 0) is 28.4 Å². The lowest BCUT2D eigenvalue weighted by atomic mass is 10.0. The highest BCUT2D eigenvalue weighted by Crippen LogP contribution is 2.31. The number of benzene rings is 2. The summed E-state index contributed by atoms with van der Waals surface area (Å²) in [6.45, 7) is 0.504. The second-order valence-corrected chi connectivity index (χ2v) is 10.1. The van der Waals surface area contributed by atoms with Crippen LogP contribution in [0, 0.1) is 0 Å². The summed E-state index contributed by atoms with van der Waals surface area (Å²) in [6.07, 6.45) is 2.19. The third-order valence-electron chi connectivity index (χ3n) is 6.75. The monoisotopic (exact) mass is 550 g/mol. The second kappa shape index (κ2) is 10.1. The molecule has 8 heteroatoms. The van der Waals surface area contributed by atoms with Crippen molar-refractivity contribution >= 4 is 49.4 Å². The Morgan fingerprint density at radius 3 is 2.53 bits per heavy atom. The Bertz CT molecular complexity index is 1530. The number of aromatic nitrogens is 2. The van der Waals surface area contributed by atoms with Crippen LogP contribution >= 0.6 is 15.9 Å². The van der Waals surface area contributed by atoms with Gasteiger partial charge in [0.15, 0.2) is 17.9 Å². The van der Waals surface area contributed by atoms with Gasteiger partial charge in [0, 0.05) is 47.1 Å². The van der Waals surface area contributed by atoms with Crippen LogP contribution in [0.2, 0.25) is 0 Å². The van der Waals surface area contributed by atoms with Crippen molar-refractivity contribution < 1.29 is 19.1 Å². The lowest BCUT2D eigenvalue weighted by Crippen LogP contribution is -2.25. The van der Waals surface area contributed by atoms with E-state index in [1.54, 1.807) is 17.7 Å². The number of fused-ring (bicyclic) bond motifs is 3. The van der Waals surface area contributed by atoms with E-state index >= 15 is 0 Å². The number of Topliss-reactive ketones (excluding diaryl/α,β-unsaturated/α-hetero) is 2. The van der Waals surface area contributed by atoms with Crippen molar-refractivity contribution in [3.8, 4) is 11.1 Å². The first-order chi connectivity index (χ1) is 17.3. The number of nitrogens with zero attached hydrogens (tertiary/aromatic N) is 2. The molecule has 2 aromatic carbocycles. The predicted octanol–water partition coefficient (Wildman–Crippen LogP) is 5.14. The molecule has 0 spiro atoms. The molecule has 1 aliphatic heterocycles. The third kappa shape index (κ3) is 4.68. The molecule has 1 saturated heterocycles. The summed E-state index contributed by atoms with van der Waals surface area (Å²) in [4.78, 5) is 38.6. The first-order valence-corrected chi connectivity index (χ1v) is 12.8. The molecule has 7 nitrogen and oxygen atoms in total. The van der Waals surface area contributed by atoms with Gasteiger partial charge in [-0.2, -0.15) is 0 Å². The maximum atomic E-state index is 13.2. The topological polar surface area (TPSA) is 79.5 Å². The van der Waals surface area contributed by atoms with Crippen LogP contribution in [0.4, 0.5) is 0 Å². The minimum atomic E-state index is -0.364. The standard InChI is InChI=1S/C28H27BrN2O5/c1-30-24-11-8-18(25(33)14-20(32)16-36-26-5-3-4-12-35-26)13-22(24)23-15-21(28(34)31(2)27(23)30)17-6-9-19(29)10-7-17/h6-11,13,15,26H,3-5,12,14,16H2,1-2H3. The third-order valence-corrected chi connectivity index (χ3v) is 7.28. The number of hydrogen-bond acceptors (Lipinski definition) is 5. The van der Waals surface area contributed by atoms with E-state index in [0.29, 0.717) is 17.7 Å². The van der Waals surface area contributed by atoms with Crippen molar-refractivity contribution in [3.05, 3.63) is 68.9 Å². The molecule has 1 aliphatic rings. The average molecular weight is 551 g/mol. The molecular weight excluding hydrogens is 524 g/mol. The van der Waals surface area contributed by atoms with E-state index in [9.17, 15) is 14.4 Å². The number of carbonyl (C=O) groups excluding carboxylic acids is 2. The van der Waals surface area contributed by atoms with E-state index < -0.39 is 0 Å². The Balaban J connectivity index is 1.46. The van der Waals surface area contributed by atoms with Crippen LogP contribution in [0.5, 0.6) is 0 Å². The Morgan fingerprint density at radius 2 is 1.81 bits per heavy atom. The van der Waals surface area contributed by atoms with Gasteiger partial charge in [-0.15, -0.1) is 0 Å². The SMILES string of the molecule is Cn1c(=O)c(-c2ccc(Br)cc2)cc2c3cc(C(=O)CC(=O)COC4CCCCO4)ccc3n(C)c21. The van der Waals surface area contributed by atoms with E-state index in [4.69, 9.17) is 9.47 Å². The van der Waals surface area contributed by atoms with Gasteiger partial charge in [0.2, 0.25) is 0 Å². The first-order valence-electron chi connectivity index (χ1n) is 12.0. The summed E-state index contributed by atoms with van der Waals surface area (Å²) < 4.78 is 15.6. The van der Waals surface area contributed by atoms with Crippen LogP contribution in [0.25, 0.3) is 33.1 Å². The Labute approximate surface area is 216 Å². The molecule has 0 aliphatic carbocycles. The summed E-state index contributed by atoms with van der Waals surface area (Å²) in [5.41, 5.74) is 3.42. The van der Waals surface area contributed by atoms with Gasteiger partial charge in [0.25, 0.3) is 5.56 Å². The smallest absolute Gasteiger partial charge is 0.259 e. The van der Waals surface area contributed by atoms with Gasteiger partial charge in [-0.3, -0.25) is 19.0 Å². The van der Waals surface area contributed by atoms with Gasteiger partial charge < -0.3 is 14.0 Å². The van der Waals surface area contributed by atoms with Crippen molar-refractivity contribution in [2.75, 3.05) is 13.2 Å². The maximum absolute atomic E-state index is 13.2. The zero-order chi connectivity index (χ0) is 25.4. The number of hydrogen-bond donors (Lipinski definition) is 0. The van der Waals surface area contributed by atoms with Gasteiger partial charge in [-0.25, -0.2) is 0 Å². The molecule has 36 heavy (non-hydrogen) atoms. The predicted molar refractivity (Wildman–Crippen MR) is 142 cm³/mol. The molecule has 2 aromatic heterocycles. The molecule has 0 saturated carbocycles. The highest BCUT2D eigenvalue weighted by Gasteiger charge is 2.20. The molecule has 1 atom stereocenters. The van der Waals surface area contributed by atoms with Gasteiger partial charge in [-0.1, -0.05) is 28.1 Å². The van der Waals surface area contributed by atoms with Crippen molar-refractivity contribution in [2.24, 2.45) is 14.1 Å². The van der Waals surface area contributed by atoms with Crippen molar-refractivity contribution in [1.82, 2.24) is 9.13 Å². The summed E-state index contributed by atoms with van der Waals surface area (Å²) in [5.74, 6) is -0.530. The molecule has 0 N–H and O–H groups in total. The van der Waals surface area contributed by atoms with Gasteiger partial charge in [0.1, 0.15) is 12.3 Å². The largest absolute Gasteiger partial charge is 0.353 e. The number of ether oxygens (including phenoxy) is 2. The molecule has 1 unspecified atom stereocenters. The van der Waals surface area contributed by atoms with Crippen LogP contribution in [-0.4, -0.2) is 40.2 Å². The highest BCUT2D eigenvalue weighted by atomic mass is 79.9. The molecule has 3 heterocycles. The lowest BCUT2D eigenvalue weighted by Gasteiger charge is -2.22. The summed E-state index contributed by atoms with van der Waals surface area (Å²) in [7, 11) is 3.66. The second-order valence-electron chi connectivity index (χ2n) is 9.20. The molecule has 1 fully saturated rings. The highest BCUT2D eigenvalue weighted by molar-refractivity contribution is 9.10. The summed E-state index contributed by atoms with van der Waals surface area (Å²) in [5, 5.41) is 1.72. The van der Waals surface area contributed by atoms with E-state index in [-0.39, 0.29) is 36.4 Å². The number of rotatable bonds is 7. The first kappa shape index (κ1) is 24.6. The number of pyridine rings is 1. The molecule has 0 amide bonds. The van der Waals surface area contributed by atoms with Crippen LogP contribution in [0.1, 0.15) is 36.0 Å². The van der Waals surface area contributed by atoms with Crippen LogP contribution in [0.3, 0.4) is 0 Å². The van der Waals surface area contributed by atoms with Gasteiger partial charge in [-0.05, 0) is 61.2 Å². The van der Waals surface area contributed by atoms with Gasteiger partial charge in [0.05, 0.1) is 11.9 Å². The van der Waals surface area contributed by atoms with Crippen molar-refractivity contribution in [3.63, 3.8) is 0 Å². The van der Waals surface area contributed by atoms with Gasteiger partial charge >= 0.3 is 0 Å². The molecule has 0 radical (unpaired) electrons. The zero-order valence-electron chi connectivity index (χ0n) is 20.3. The fourth-order valence-corrected chi connectivity index (χ4v) is 5.13. The summed E-state index contributed by atoms with van der Waals surface area (Å²) >= 11 is 3.44. The maximum Gasteiger partial charge on any atom is 0.259 e. The van der Waals surface area contributed by atoms with E-state index in [0.717, 1.165) is 51.2 Å². The fraction of sp³-hybridized carbons (Fsp3) is 0.321. The van der Waals surface area contributed by atoms with E-state index in [1.807, 2.05) is 54.1 Å². The number of halogens is 1. The average Bonchev–Trinajstić information content (AvgIpc) is 3.17. The quantitative estimate of drug-likeness (QED) is 0.235. The molecule has 4 aromatic rings. The fourth-order valence-electron chi connectivity index (χ4n) is 4.86. The minimum Gasteiger partial charge on any atom is -0.353 e. The Morgan fingerprint density at radius 1 is 1.03 bits per heavy atom. The molecule has 186 valence electrons. The Kier molecular flexibility index (Phi) is 6.92. The number of aryl methyl sites for hydroxylation is 2. The normalized spacial score (nSPS) is 16.0. The molecule has 0 bridgehead atoms. The number of ketones is 2. The molecule has 5 rings (SSSR count). The van der Waals surface area contributed by atoms with Crippen LogP contribution in [0.15, 0.2) is 57.8 Å². The minimum absolute atomic E-state index is 0.0976. The lowest BCUT2D eigenvalue weighted by molar-refractivity contribution is -0.168. The zero-order valence-corrected chi connectivity index (χ0v) is 21.8. The van der Waals surface area contributed by atoms with E-state index in [1.165, 1.54) is 0 Å². The molecular formula is C28H27BrN2O5. The summed E-state index contributed by atoms with van der Waals surface area (Å²) in [6, 6.07) is 14.9. The van der Waals surface area contributed by atoms with Crippen molar-refractivity contribution in [1.29, 1.82) is 0 Å². The van der Waals surface area contributed by atoms with Crippen molar-refractivity contribution in [2.45, 2.75) is 32.0 Å².